The lowest BCUT2D eigenvalue weighted by atomic mass is 10.2. The highest BCUT2D eigenvalue weighted by atomic mass is 79.9. The van der Waals surface area contributed by atoms with Crippen LogP contribution in [0.4, 0.5) is 5.82 Å². The maximum absolute atomic E-state index is 12.2. The topological polar surface area (TPSA) is 110 Å². The van der Waals surface area contributed by atoms with E-state index in [0.29, 0.717) is 10.9 Å². The third-order valence-corrected chi connectivity index (χ3v) is 4.43. The molecule has 2 rings (SSSR count). The van der Waals surface area contributed by atoms with E-state index < -0.39 is 10.0 Å². The highest BCUT2D eigenvalue weighted by Crippen LogP contribution is 2.28. The fourth-order valence-corrected chi connectivity index (χ4v) is 3.22. The van der Waals surface area contributed by atoms with Gasteiger partial charge in [-0.1, -0.05) is 15.9 Å². The van der Waals surface area contributed by atoms with Crippen LogP contribution in [0.15, 0.2) is 39.8 Å². The van der Waals surface area contributed by atoms with Gasteiger partial charge in [0.15, 0.2) is 5.82 Å². The number of H-pyrrole nitrogens is 1. The van der Waals surface area contributed by atoms with Gasteiger partial charge in [-0.05, 0) is 39.0 Å². The van der Waals surface area contributed by atoms with Crippen LogP contribution in [0.25, 0.3) is 0 Å². The Labute approximate surface area is 155 Å². The summed E-state index contributed by atoms with van der Waals surface area (Å²) >= 11 is 3.23. The molecule has 0 fully saturated rings. The molecule has 25 heavy (non-hydrogen) atoms. The Balaban J connectivity index is 0.000000381. The molecule has 1 aromatic carbocycles. The van der Waals surface area contributed by atoms with E-state index >= 15 is 0 Å². The predicted molar refractivity (Wildman–Crippen MR) is 97.0 cm³/mol. The Morgan fingerprint density at radius 1 is 1.28 bits per heavy atom. The first-order chi connectivity index (χ1) is 11.6. The van der Waals surface area contributed by atoms with Gasteiger partial charge in [0.25, 0.3) is 16.5 Å². The second-order valence-corrected chi connectivity index (χ2v) is 8.25. The second-order valence-electron chi connectivity index (χ2n) is 5.69. The zero-order chi connectivity index (χ0) is 19.1. The molecule has 138 valence electrons. The summed E-state index contributed by atoms with van der Waals surface area (Å²) in [7, 11) is -2.32. The number of sulfonamides is 1. The number of nitrogens with one attached hydrogen (secondary N) is 2. The summed E-state index contributed by atoms with van der Waals surface area (Å²) in [6.07, 6.45) is 1.52. The number of aromatic nitrogens is 2. The molecule has 0 spiro atoms. The summed E-state index contributed by atoms with van der Waals surface area (Å²) in [5, 5.41) is 6.26. The van der Waals surface area contributed by atoms with Crippen molar-refractivity contribution in [1.82, 2.24) is 10.2 Å². The zero-order valence-corrected chi connectivity index (χ0v) is 16.6. The first kappa shape index (κ1) is 21.0. The van der Waals surface area contributed by atoms with Crippen molar-refractivity contribution in [1.29, 1.82) is 0 Å². The van der Waals surface area contributed by atoms with Gasteiger partial charge in [-0.3, -0.25) is 14.6 Å². The smallest absolute Gasteiger partial charge is 0.293 e. The number of carbonyl (C=O) groups excluding carboxylic acids is 1. The van der Waals surface area contributed by atoms with Crippen LogP contribution in [0.3, 0.4) is 0 Å². The fraction of sp³-hybridized carbons (Fsp3) is 0.333. The number of ether oxygens (including phenoxy) is 2. The molecule has 0 saturated carbocycles. The normalized spacial score (nSPS) is 11.1. The van der Waals surface area contributed by atoms with Gasteiger partial charge in [-0.25, -0.2) is 8.42 Å². The summed E-state index contributed by atoms with van der Waals surface area (Å²) in [5.41, 5.74) is -0.318. The maximum atomic E-state index is 12.2. The van der Waals surface area contributed by atoms with Gasteiger partial charge in [0.1, 0.15) is 16.2 Å². The number of methoxy groups -OCH3 is 1. The summed E-state index contributed by atoms with van der Waals surface area (Å²) in [6.45, 7) is 5.92. The average Bonchev–Trinajstić information content (AvgIpc) is 2.99. The molecule has 8 nitrogen and oxygen atoms in total. The summed E-state index contributed by atoms with van der Waals surface area (Å²) < 4.78 is 36.9. The van der Waals surface area contributed by atoms with Crippen molar-refractivity contribution in [3.05, 3.63) is 34.9 Å². The van der Waals surface area contributed by atoms with Crippen molar-refractivity contribution < 1.29 is 22.7 Å². The van der Waals surface area contributed by atoms with Crippen LogP contribution < -0.4 is 9.46 Å². The predicted octanol–water partition coefficient (Wildman–Crippen LogP) is 2.94. The van der Waals surface area contributed by atoms with Gasteiger partial charge in [-0.2, -0.15) is 5.10 Å². The van der Waals surface area contributed by atoms with Gasteiger partial charge < -0.3 is 9.47 Å². The van der Waals surface area contributed by atoms with Gasteiger partial charge in [0.05, 0.1) is 7.11 Å². The minimum absolute atomic E-state index is 0.0439. The molecule has 0 aliphatic heterocycles. The number of halogens is 1. The number of benzene rings is 1. The third kappa shape index (κ3) is 7.14. The van der Waals surface area contributed by atoms with Crippen LogP contribution >= 0.6 is 15.9 Å². The number of hydrogen-bond donors (Lipinski definition) is 2. The van der Waals surface area contributed by atoms with Crippen LogP contribution in [0.2, 0.25) is 0 Å². The lowest BCUT2D eigenvalue weighted by Gasteiger charge is -2.14. The molecule has 10 heteroatoms. The molecule has 1 aromatic heterocycles. The Morgan fingerprint density at radius 3 is 2.40 bits per heavy atom. The van der Waals surface area contributed by atoms with Crippen LogP contribution in [0, 0.1) is 0 Å². The van der Waals surface area contributed by atoms with Crippen molar-refractivity contribution in [2.75, 3.05) is 11.8 Å². The monoisotopic (exact) mass is 433 g/mol. The van der Waals surface area contributed by atoms with Crippen LogP contribution in [-0.4, -0.2) is 37.8 Å². The van der Waals surface area contributed by atoms with Crippen molar-refractivity contribution in [2.45, 2.75) is 31.3 Å². The number of aromatic amines is 1. The van der Waals surface area contributed by atoms with Crippen LogP contribution in [-0.2, 0) is 19.6 Å². The van der Waals surface area contributed by atoms with E-state index in [1.54, 1.807) is 12.1 Å². The number of rotatable bonds is 5. The summed E-state index contributed by atoms with van der Waals surface area (Å²) in [5.74, 6) is 0.485. The SMILES string of the molecule is CC(C)(C)OC=O.COc1ccc(Br)cc1S(=O)(=O)Nc1cc[nH]n1. The molecular weight excluding hydrogens is 414 g/mol. The number of hydrogen-bond acceptors (Lipinski definition) is 6. The van der Waals surface area contributed by atoms with Crippen LogP contribution in [0.5, 0.6) is 5.75 Å². The molecule has 1 heterocycles. The highest BCUT2D eigenvalue weighted by Gasteiger charge is 2.20. The fourth-order valence-electron chi connectivity index (χ4n) is 1.51. The molecular formula is C15H20BrN3O5S. The van der Waals surface area contributed by atoms with E-state index in [1.165, 1.54) is 25.4 Å². The van der Waals surface area contributed by atoms with Crippen molar-refractivity contribution >= 4 is 38.2 Å². The summed E-state index contributed by atoms with van der Waals surface area (Å²) in [4.78, 5) is 9.64. The Kier molecular flexibility index (Phi) is 7.43. The molecule has 0 bridgehead atoms. The molecule has 0 atom stereocenters. The number of nitrogens with zero attached hydrogens (tertiary/aromatic N) is 1. The Hall–Kier alpha value is -2.07. The largest absolute Gasteiger partial charge is 0.495 e. The quantitative estimate of drug-likeness (QED) is 0.701. The lowest BCUT2D eigenvalue weighted by molar-refractivity contribution is -0.138. The third-order valence-electron chi connectivity index (χ3n) is 2.56. The molecule has 0 radical (unpaired) electrons. The minimum Gasteiger partial charge on any atom is -0.495 e. The van der Waals surface area contributed by atoms with Crippen molar-refractivity contribution in [3.63, 3.8) is 0 Å². The summed E-state index contributed by atoms with van der Waals surface area (Å²) in [6, 6.07) is 6.26. The second kappa shape index (κ2) is 8.86. The average molecular weight is 434 g/mol. The van der Waals surface area contributed by atoms with E-state index in [-0.39, 0.29) is 22.1 Å². The first-order valence-electron chi connectivity index (χ1n) is 7.06. The molecule has 0 aliphatic carbocycles. The maximum Gasteiger partial charge on any atom is 0.293 e. The van der Waals surface area contributed by atoms with E-state index in [0.717, 1.165) is 0 Å². The van der Waals surface area contributed by atoms with E-state index in [9.17, 15) is 13.2 Å². The van der Waals surface area contributed by atoms with Gasteiger partial charge in [0, 0.05) is 16.7 Å². The molecule has 0 saturated heterocycles. The van der Waals surface area contributed by atoms with Gasteiger partial charge >= 0.3 is 0 Å². The van der Waals surface area contributed by atoms with Crippen LogP contribution in [0.1, 0.15) is 20.8 Å². The zero-order valence-electron chi connectivity index (χ0n) is 14.2. The van der Waals surface area contributed by atoms with E-state index in [1.807, 2.05) is 20.8 Å². The lowest BCUT2D eigenvalue weighted by Crippen LogP contribution is -2.17. The number of carbonyl (C=O) groups is 1. The molecule has 2 N–H and O–H groups in total. The standard InChI is InChI=1S/C10H10BrN3O3S.C5H10O2/c1-17-8-3-2-7(11)6-9(8)18(15,16)14-10-4-5-12-13-10;1-5(2,3)7-4-6/h2-6H,1H3,(H2,12,13,14);4H,1-3H3. The van der Waals surface area contributed by atoms with Gasteiger partial charge in [0.2, 0.25) is 0 Å². The van der Waals surface area contributed by atoms with E-state index in [2.05, 4.69) is 35.6 Å². The minimum atomic E-state index is -3.74. The highest BCUT2D eigenvalue weighted by molar-refractivity contribution is 9.10. The Bertz CT molecular complexity index is 786. The number of anilines is 1. The molecule has 0 aliphatic rings. The van der Waals surface area contributed by atoms with Crippen molar-refractivity contribution in [2.24, 2.45) is 0 Å². The van der Waals surface area contributed by atoms with Gasteiger partial charge in [-0.15, -0.1) is 0 Å². The molecule has 0 amide bonds. The van der Waals surface area contributed by atoms with Crippen molar-refractivity contribution in [3.8, 4) is 5.75 Å². The van der Waals surface area contributed by atoms with E-state index in [4.69, 9.17) is 4.74 Å². The first-order valence-corrected chi connectivity index (χ1v) is 9.34. The molecule has 2 aromatic rings. The Morgan fingerprint density at radius 2 is 1.96 bits per heavy atom. The molecule has 0 unspecified atom stereocenters.